The first-order valence-electron chi connectivity index (χ1n) is 10.2. The van der Waals surface area contributed by atoms with Crippen molar-refractivity contribution in [3.63, 3.8) is 0 Å². The molecule has 30 heavy (non-hydrogen) atoms. The number of benzene rings is 2. The molecule has 2 aromatic heterocycles. The molecule has 2 aromatic carbocycles. The van der Waals surface area contributed by atoms with Crippen molar-refractivity contribution in [3.05, 3.63) is 54.2 Å². The SMILES string of the molecule is CCC(C)Oc1ccc(-c2cccc(S(=O)(=O)CC)c2)c2c1[nH]c1ncc(C)cc12. The number of pyridine rings is 1. The van der Waals surface area contributed by atoms with Crippen LogP contribution >= 0.6 is 0 Å². The topological polar surface area (TPSA) is 72.1 Å². The van der Waals surface area contributed by atoms with Gasteiger partial charge in [-0.1, -0.05) is 26.0 Å². The van der Waals surface area contributed by atoms with Gasteiger partial charge in [0.05, 0.1) is 22.3 Å². The maximum atomic E-state index is 12.4. The molecule has 0 saturated heterocycles. The predicted octanol–water partition coefficient (Wildman–Crippen LogP) is 5.66. The molecule has 0 bridgehead atoms. The van der Waals surface area contributed by atoms with Crippen LogP contribution in [0, 0.1) is 6.92 Å². The second-order valence-electron chi connectivity index (χ2n) is 7.66. The highest BCUT2D eigenvalue weighted by Crippen LogP contribution is 2.39. The van der Waals surface area contributed by atoms with Crippen LogP contribution in [0.1, 0.15) is 32.8 Å². The van der Waals surface area contributed by atoms with Crippen molar-refractivity contribution < 1.29 is 13.2 Å². The zero-order valence-corrected chi connectivity index (χ0v) is 18.5. The number of hydrogen-bond acceptors (Lipinski definition) is 4. The molecule has 156 valence electrons. The highest BCUT2D eigenvalue weighted by Gasteiger charge is 2.18. The maximum Gasteiger partial charge on any atom is 0.178 e. The minimum absolute atomic E-state index is 0.0732. The van der Waals surface area contributed by atoms with Crippen LogP contribution in [-0.4, -0.2) is 30.2 Å². The Morgan fingerprint density at radius 2 is 1.93 bits per heavy atom. The van der Waals surface area contributed by atoms with Crippen molar-refractivity contribution in [2.24, 2.45) is 0 Å². The Bertz CT molecular complexity index is 1340. The van der Waals surface area contributed by atoms with E-state index in [-0.39, 0.29) is 11.9 Å². The largest absolute Gasteiger partial charge is 0.489 e. The molecule has 1 unspecified atom stereocenters. The third-order valence-corrected chi connectivity index (χ3v) is 7.22. The van der Waals surface area contributed by atoms with Crippen LogP contribution in [0.4, 0.5) is 0 Å². The number of fused-ring (bicyclic) bond motifs is 3. The number of H-pyrrole nitrogens is 1. The Labute approximate surface area is 177 Å². The number of hydrogen-bond donors (Lipinski definition) is 1. The zero-order chi connectivity index (χ0) is 21.5. The zero-order valence-electron chi connectivity index (χ0n) is 17.7. The standard InChI is InChI=1S/C24H26N2O3S/c1-5-16(4)29-21-11-10-19(17-8-7-9-18(13-17)30(27,28)6-2)22-20-12-15(3)14-25-24(20)26-23(21)22/h7-14,16H,5-6H2,1-4H3,(H,25,26). The third-order valence-electron chi connectivity index (χ3n) is 5.49. The number of ether oxygens (including phenoxy) is 1. The molecule has 2 heterocycles. The number of rotatable bonds is 6. The quantitative estimate of drug-likeness (QED) is 0.435. The smallest absolute Gasteiger partial charge is 0.178 e. The molecule has 0 aliphatic rings. The van der Waals surface area contributed by atoms with Crippen molar-refractivity contribution in [2.45, 2.75) is 45.1 Å². The second kappa shape index (κ2) is 7.76. The summed E-state index contributed by atoms with van der Waals surface area (Å²) in [4.78, 5) is 8.31. The van der Waals surface area contributed by atoms with Crippen molar-refractivity contribution in [1.29, 1.82) is 0 Å². The van der Waals surface area contributed by atoms with E-state index in [1.807, 2.05) is 38.2 Å². The Morgan fingerprint density at radius 3 is 2.67 bits per heavy atom. The van der Waals surface area contributed by atoms with Crippen LogP contribution in [0.3, 0.4) is 0 Å². The van der Waals surface area contributed by atoms with E-state index in [1.165, 1.54) is 0 Å². The van der Waals surface area contributed by atoms with Crippen LogP contribution in [0.5, 0.6) is 5.75 Å². The summed E-state index contributed by atoms with van der Waals surface area (Å²) in [6.07, 6.45) is 2.82. The van der Waals surface area contributed by atoms with Crippen molar-refractivity contribution in [3.8, 4) is 16.9 Å². The first-order valence-corrected chi connectivity index (χ1v) is 11.9. The molecule has 1 atom stereocenters. The van der Waals surface area contributed by atoms with Gasteiger partial charge in [0.2, 0.25) is 0 Å². The van der Waals surface area contributed by atoms with Gasteiger partial charge in [0.25, 0.3) is 0 Å². The molecule has 4 aromatic rings. The molecule has 5 nitrogen and oxygen atoms in total. The highest BCUT2D eigenvalue weighted by atomic mass is 32.2. The van der Waals surface area contributed by atoms with E-state index >= 15 is 0 Å². The van der Waals surface area contributed by atoms with Crippen molar-refractivity contribution in [1.82, 2.24) is 9.97 Å². The van der Waals surface area contributed by atoms with E-state index in [0.29, 0.717) is 4.90 Å². The Kier molecular flexibility index (Phi) is 5.28. The van der Waals surface area contributed by atoms with E-state index in [9.17, 15) is 8.42 Å². The molecular formula is C24H26N2O3S. The van der Waals surface area contributed by atoms with E-state index < -0.39 is 9.84 Å². The van der Waals surface area contributed by atoms with Gasteiger partial charge < -0.3 is 9.72 Å². The second-order valence-corrected chi connectivity index (χ2v) is 9.94. The Balaban J connectivity index is 2.02. The lowest BCUT2D eigenvalue weighted by Gasteiger charge is -2.15. The fourth-order valence-electron chi connectivity index (χ4n) is 3.63. The number of nitrogens with zero attached hydrogens (tertiary/aromatic N) is 1. The first kappa shape index (κ1) is 20.4. The first-order chi connectivity index (χ1) is 14.3. The lowest BCUT2D eigenvalue weighted by Crippen LogP contribution is -2.10. The number of aryl methyl sites for hydroxylation is 1. The average Bonchev–Trinajstić information content (AvgIpc) is 3.13. The van der Waals surface area contributed by atoms with Gasteiger partial charge in [-0.05, 0) is 67.3 Å². The summed E-state index contributed by atoms with van der Waals surface area (Å²) in [5, 5.41) is 1.99. The lowest BCUT2D eigenvalue weighted by molar-refractivity contribution is 0.220. The van der Waals surface area contributed by atoms with E-state index in [2.05, 4.69) is 23.0 Å². The van der Waals surface area contributed by atoms with Gasteiger partial charge in [0.15, 0.2) is 9.84 Å². The van der Waals surface area contributed by atoms with Crippen molar-refractivity contribution >= 4 is 31.8 Å². The molecule has 0 saturated carbocycles. The van der Waals surface area contributed by atoms with Gasteiger partial charge in [-0.15, -0.1) is 0 Å². The van der Waals surface area contributed by atoms with Gasteiger partial charge in [-0.3, -0.25) is 0 Å². The molecule has 0 amide bonds. The maximum absolute atomic E-state index is 12.4. The molecule has 1 N–H and O–H groups in total. The summed E-state index contributed by atoms with van der Waals surface area (Å²) in [5.74, 6) is 0.847. The minimum Gasteiger partial charge on any atom is -0.489 e. The summed E-state index contributed by atoms with van der Waals surface area (Å²) < 4.78 is 31.0. The fourth-order valence-corrected chi connectivity index (χ4v) is 4.55. The molecule has 0 radical (unpaired) electrons. The van der Waals surface area contributed by atoms with Gasteiger partial charge in [0.1, 0.15) is 11.4 Å². The highest BCUT2D eigenvalue weighted by molar-refractivity contribution is 7.91. The molecule has 0 aliphatic carbocycles. The third kappa shape index (κ3) is 3.56. The summed E-state index contributed by atoms with van der Waals surface area (Å²) in [5.41, 5.74) is 4.53. The average molecular weight is 423 g/mol. The van der Waals surface area contributed by atoms with E-state index in [0.717, 1.165) is 50.8 Å². The number of nitrogens with one attached hydrogen (secondary N) is 1. The molecule has 0 spiro atoms. The number of aromatic amines is 1. The van der Waals surface area contributed by atoms with Crippen LogP contribution in [0.2, 0.25) is 0 Å². The Hall–Kier alpha value is -2.86. The molecular weight excluding hydrogens is 396 g/mol. The number of sulfone groups is 1. The van der Waals surface area contributed by atoms with Gasteiger partial charge in [0, 0.05) is 17.0 Å². The summed E-state index contributed by atoms with van der Waals surface area (Å²) in [7, 11) is -3.29. The van der Waals surface area contributed by atoms with Crippen molar-refractivity contribution in [2.75, 3.05) is 5.75 Å². The van der Waals surface area contributed by atoms with Gasteiger partial charge >= 0.3 is 0 Å². The monoisotopic (exact) mass is 422 g/mol. The lowest BCUT2D eigenvalue weighted by atomic mass is 9.99. The summed E-state index contributed by atoms with van der Waals surface area (Å²) >= 11 is 0. The van der Waals surface area contributed by atoms with Gasteiger partial charge in [-0.2, -0.15) is 0 Å². The normalized spacial score (nSPS) is 13.1. The van der Waals surface area contributed by atoms with Gasteiger partial charge in [-0.25, -0.2) is 13.4 Å². The van der Waals surface area contributed by atoms with Crippen LogP contribution in [0.25, 0.3) is 33.1 Å². The summed E-state index contributed by atoms with van der Waals surface area (Å²) in [6.45, 7) is 7.81. The predicted molar refractivity (Wildman–Crippen MR) is 122 cm³/mol. The molecule has 0 aliphatic heterocycles. The van der Waals surface area contributed by atoms with E-state index in [4.69, 9.17) is 4.74 Å². The summed E-state index contributed by atoms with van der Waals surface area (Å²) in [6, 6.07) is 13.2. The Morgan fingerprint density at radius 1 is 1.13 bits per heavy atom. The number of aromatic nitrogens is 2. The van der Waals surface area contributed by atoms with Crippen LogP contribution in [-0.2, 0) is 9.84 Å². The van der Waals surface area contributed by atoms with Crippen LogP contribution < -0.4 is 4.74 Å². The molecule has 0 fully saturated rings. The molecule has 4 rings (SSSR count). The van der Waals surface area contributed by atoms with E-state index in [1.54, 1.807) is 25.1 Å². The molecule has 6 heteroatoms. The minimum atomic E-state index is -3.29. The fraction of sp³-hybridized carbons (Fsp3) is 0.292. The van der Waals surface area contributed by atoms with Crippen LogP contribution in [0.15, 0.2) is 53.6 Å².